The highest BCUT2D eigenvalue weighted by Gasteiger charge is 2.17. The van der Waals surface area contributed by atoms with Gasteiger partial charge in [0.15, 0.2) is 11.9 Å². The first kappa shape index (κ1) is 25.8. The Kier molecular flexibility index (Phi) is 6.51. The molecule has 0 radical (unpaired) electrons. The van der Waals surface area contributed by atoms with Gasteiger partial charge in [0, 0.05) is 83.4 Å². The summed E-state index contributed by atoms with van der Waals surface area (Å²) in [4.78, 5) is 15.7. The fourth-order valence-corrected chi connectivity index (χ4v) is 4.83. The standard InChI is InChI=1S/C30H35N9/c1-35(2)29(31)37(5)21-11-8-19(9-12-21)20-10-14-25-23(16-20)24(18-33-25)28-34-26-15-13-22(17-27(26)39(28)7)38(6)30(32)36(3)4/h8-18,31-33H,1-7H3. The van der Waals surface area contributed by atoms with Crippen LogP contribution in [-0.2, 0) is 7.05 Å². The van der Waals surface area contributed by atoms with Gasteiger partial charge in [0.25, 0.3) is 0 Å². The number of aryl methyl sites for hydroxylation is 1. The van der Waals surface area contributed by atoms with Crippen molar-refractivity contribution in [2.45, 2.75) is 0 Å². The van der Waals surface area contributed by atoms with Crippen molar-refractivity contribution < 1.29 is 0 Å². The highest BCUT2D eigenvalue weighted by molar-refractivity contribution is 6.00. The summed E-state index contributed by atoms with van der Waals surface area (Å²) in [5, 5.41) is 17.7. The van der Waals surface area contributed by atoms with Gasteiger partial charge in [-0.2, -0.15) is 0 Å². The average molecular weight is 522 g/mol. The molecule has 0 fully saturated rings. The van der Waals surface area contributed by atoms with Gasteiger partial charge in [0.2, 0.25) is 0 Å². The molecule has 0 bridgehead atoms. The minimum atomic E-state index is 0.413. The number of nitrogens with one attached hydrogen (secondary N) is 3. The van der Waals surface area contributed by atoms with Crippen molar-refractivity contribution in [1.29, 1.82) is 10.8 Å². The van der Waals surface area contributed by atoms with E-state index in [1.807, 2.05) is 89.6 Å². The van der Waals surface area contributed by atoms with Gasteiger partial charge in [-0.1, -0.05) is 18.2 Å². The molecule has 3 N–H and O–H groups in total. The predicted molar refractivity (Wildman–Crippen MR) is 163 cm³/mol. The molecule has 0 aliphatic rings. The fraction of sp³-hybridized carbons (Fsp3) is 0.233. The van der Waals surface area contributed by atoms with Gasteiger partial charge in [-0.15, -0.1) is 0 Å². The van der Waals surface area contributed by atoms with Gasteiger partial charge in [-0.3, -0.25) is 10.8 Å². The van der Waals surface area contributed by atoms with E-state index in [9.17, 15) is 0 Å². The maximum absolute atomic E-state index is 8.33. The summed E-state index contributed by atoms with van der Waals surface area (Å²) < 4.78 is 2.12. The molecular formula is C30H35N9. The Morgan fingerprint density at radius 1 is 0.744 bits per heavy atom. The van der Waals surface area contributed by atoms with Crippen molar-refractivity contribution in [3.63, 3.8) is 0 Å². The van der Waals surface area contributed by atoms with E-state index in [2.05, 4.69) is 45.9 Å². The molecule has 200 valence electrons. The van der Waals surface area contributed by atoms with Crippen LogP contribution in [0.4, 0.5) is 11.4 Å². The van der Waals surface area contributed by atoms with E-state index in [4.69, 9.17) is 15.8 Å². The van der Waals surface area contributed by atoms with Crippen molar-refractivity contribution in [3.05, 3.63) is 66.9 Å². The summed E-state index contributed by atoms with van der Waals surface area (Å²) in [7, 11) is 13.3. The zero-order chi connectivity index (χ0) is 28.0. The van der Waals surface area contributed by atoms with Crippen LogP contribution in [0.3, 0.4) is 0 Å². The Morgan fingerprint density at radius 2 is 1.33 bits per heavy atom. The third-order valence-electron chi connectivity index (χ3n) is 7.24. The largest absolute Gasteiger partial charge is 0.360 e. The van der Waals surface area contributed by atoms with Crippen molar-refractivity contribution in [3.8, 4) is 22.5 Å². The number of aromatic amines is 1. The lowest BCUT2D eigenvalue weighted by molar-refractivity contribution is 0.603. The van der Waals surface area contributed by atoms with Crippen LogP contribution in [0.1, 0.15) is 0 Å². The predicted octanol–water partition coefficient (Wildman–Crippen LogP) is 5.25. The Labute approximate surface area is 228 Å². The smallest absolute Gasteiger partial charge is 0.197 e. The lowest BCUT2D eigenvalue weighted by atomic mass is 10.0. The maximum Gasteiger partial charge on any atom is 0.197 e. The number of hydrogen-bond acceptors (Lipinski definition) is 3. The zero-order valence-corrected chi connectivity index (χ0v) is 23.5. The summed E-state index contributed by atoms with van der Waals surface area (Å²) in [5.74, 6) is 1.73. The fourth-order valence-electron chi connectivity index (χ4n) is 4.83. The molecule has 9 nitrogen and oxygen atoms in total. The number of imidazole rings is 1. The molecule has 0 aliphatic carbocycles. The number of anilines is 2. The summed E-state index contributed by atoms with van der Waals surface area (Å²) in [5.41, 5.74) is 8.14. The third kappa shape index (κ3) is 4.56. The summed E-state index contributed by atoms with van der Waals surface area (Å²) in [6, 6.07) is 20.8. The van der Waals surface area contributed by atoms with Crippen LogP contribution in [0.15, 0.2) is 66.9 Å². The molecule has 0 aliphatic heterocycles. The second kappa shape index (κ2) is 9.83. The number of nitrogens with zero attached hydrogens (tertiary/aromatic N) is 6. The van der Waals surface area contributed by atoms with E-state index >= 15 is 0 Å². The zero-order valence-electron chi connectivity index (χ0n) is 23.5. The quantitative estimate of drug-likeness (QED) is 0.222. The van der Waals surface area contributed by atoms with Gasteiger partial charge in [0.1, 0.15) is 5.82 Å². The van der Waals surface area contributed by atoms with Crippen LogP contribution in [0.2, 0.25) is 0 Å². The molecule has 0 amide bonds. The molecule has 5 aromatic rings. The molecule has 0 atom stereocenters. The van der Waals surface area contributed by atoms with E-state index in [1.54, 1.807) is 9.80 Å². The van der Waals surface area contributed by atoms with E-state index in [0.717, 1.165) is 55.8 Å². The van der Waals surface area contributed by atoms with Gasteiger partial charge in [0.05, 0.1) is 11.0 Å². The highest BCUT2D eigenvalue weighted by atomic mass is 15.3. The minimum absolute atomic E-state index is 0.413. The highest BCUT2D eigenvalue weighted by Crippen LogP contribution is 2.34. The molecule has 2 aromatic heterocycles. The maximum atomic E-state index is 8.33. The Morgan fingerprint density at radius 3 is 1.97 bits per heavy atom. The number of benzene rings is 3. The van der Waals surface area contributed by atoms with Crippen LogP contribution in [0.5, 0.6) is 0 Å². The molecule has 0 spiro atoms. The van der Waals surface area contributed by atoms with Crippen LogP contribution in [-0.4, -0.2) is 78.5 Å². The van der Waals surface area contributed by atoms with E-state index in [-0.39, 0.29) is 0 Å². The number of guanidine groups is 2. The molecule has 0 saturated heterocycles. The second-order valence-corrected chi connectivity index (χ2v) is 10.2. The lowest BCUT2D eigenvalue weighted by Gasteiger charge is -2.25. The first-order valence-electron chi connectivity index (χ1n) is 12.7. The minimum Gasteiger partial charge on any atom is -0.360 e. The van der Waals surface area contributed by atoms with Crippen LogP contribution in [0.25, 0.3) is 44.5 Å². The lowest BCUT2D eigenvalue weighted by Crippen LogP contribution is -2.37. The van der Waals surface area contributed by atoms with Crippen molar-refractivity contribution >= 4 is 45.2 Å². The van der Waals surface area contributed by atoms with E-state index < -0.39 is 0 Å². The summed E-state index contributed by atoms with van der Waals surface area (Å²) in [6.07, 6.45) is 2.02. The number of fused-ring (bicyclic) bond motifs is 2. The number of rotatable bonds is 4. The molecule has 9 heteroatoms. The van der Waals surface area contributed by atoms with Crippen LogP contribution >= 0.6 is 0 Å². The van der Waals surface area contributed by atoms with Crippen LogP contribution in [0, 0.1) is 10.8 Å². The third-order valence-corrected chi connectivity index (χ3v) is 7.24. The van der Waals surface area contributed by atoms with E-state index in [0.29, 0.717) is 11.9 Å². The first-order chi connectivity index (χ1) is 18.6. The normalized spacial score (nSPS) is 11.2. The Balaban J connectivity index is 1.51. The van der Waals surface area contributed by atoms with Gasteiger partial charge in [-0.05, 0) is 53.6 Å². The number of H-pyrrole nitrogens is 1. The molecule has 0 unspecified atom stereocenters. The first-order valence-corrected chi connectivity index (χ1v) is 12.7. The topological polar surface area (TPSA) is 94.3 Å². The molecule has 3 aromatic carbocycles. The molecule has 2 heterocycles. The van der Waals surface area contributed by atoms with E-state index in [1.165, 1.54) is 0 Å². The summed E-state index contributed by atoms with van der Waals surface area (Å²) in [6.45, 7) is 0. The molecule has 39 heavy (non-hydrogen) atoms. The van der Waals surface area contributed by atoms with Gasteiger partial charge in [-0.25, -0.2) is 4.98 Å². The van der Waals surface area contributed by atoms with Gasteiger partial charge >= 0.3 is 0 Å². The number of aromatic nitrogens is 3. The molecule has 0 saturated carbocycles. The van der Waals surface area contributed by atoms with Crippen molar-refractivity contribution in [1.82, 2.24) is 24.3 Å². The average Bonchev–Trinajstić information content (AvgIpc) is 3.51. The Hall–Kier alpha value is -4.79. The Bertz CT molecular complexity index is 1690. The summed E-state index contributed by atoms with van der Waals surface area (Å²) >= 11 is 0. The monoisotopic (exact) mass is 521 g/mol. The second-order valence-electron chi connectivity index (χ2n) is 10.2. The molecular weight excluding hydrogens is 486 g/mol. The van der Waals surface area contributed by atoms with Crippen molar-refractivity contribution in [2.75, 3.05) is 52.1 Å². The van der Waals surface area contributed by atoms with Gasteiger partial charge < -0.3 is 29.2 Å². The SMILES string of the molecule is CN(C)C(=N)N(C)c1ccc(-c2ccc3[nH]cc(-c4nc5ccc(N(C)C(=N)N(C)C)cc5n4C)c3c2)cc1. The van der Waals surface area contributed by atoms with Crippen molar-refractivity contribution in [2.24, 2.45) is 7.05 Å². The number of hydrogen-bond donors (Lipinski definition) is 3. The van der Waals surface area contributed by atoms with Crippen LogP contribution < -0.4 is 9.80 Å². The molecule has 5 rings (SSSR count).